The fraction of sp³-hybridized carbons (Fsp3) is 0.462. The monoisotopic (exact) mass is 243 g/mol. The molecule has 0 saturated heterocycles. The summed E-state index contributed by atoms with van der Waals surface area (Å²) in [5.74, 6) is 1.60. The average molecular weight is 243 g/mol. The SMILES string of the molecule is Cc1ccc(N)cc1-c1nnnn1C1CC(C)C1. The number of nitrogen functional groups attached to an aromatic ring is 1. The average Bonchev–Trinajstić information content (AvgIpc) is 2.76. The number of nitrogens with zero attached hydrogens (tertiary/aromatic N) is 4. The Morgan fingerprint density at radius 3 is 2.83 bits per heavy atom. The van der Waals surface area contributed by atoms with Crippen LogP contribution in [0.3, 0.4) is 0 Å². The summed E-state index contributed by atoms with van der Waals surface area (Å²) in [5.41, 5.74) is 8.77. The summed E-state index contributed by atoms with van der Waals surface area (Å²) in [7, 11) is 0. The number of hydrogen-bond acceptors (Lipinski definition) is 4. The van der Waals surface area contributed by atoms with E-state index >= 15 is 0 Å². The van der Waals surface area contributed by atoms with Gasteiger partial charge in [0, 0.05) is 11.3 Å². The Kier molecular flexibility index (Phi) is 2.54. The van der Waals surface area contributed by atoms with E-state index in [4.69, 9.17) is 5.73 Å². The lowest BCUT2D eigenvalue weighted by atomic mass is 9.82. The molecule has 1 aliphatic rings. The quantitative estimate of drug-likeness (QED) is 0.821. The van der Waals surface area contributed by atoms with Crippen LogP contribution in [-0.2, 0) is 0 Å². The minimum absolute atomic E-state index is 0.436. The van der Waals surface area contributed by atoms with Crippen molar-refractivity contribution in [1.29, 1.82) is 0 Å². The van der Waals surface area contributed by atoms with Gasteiger partial charge in [-0.1, -0.05) is 13.0 Å². The van der Waals surface area contributed by atoms with Crippen molar-refractivity contribution in [3.63, 3.8) is 0 Å². The maximum absolute atomic E-state index is 5.85. The molecule has 1 aromatic heterocycles. The standard InChI is InChI=1S/C13H17N5/c1-8-5-11(6-8)18-13(15-16-17-18)12-7-10(14)4-3-9(12)2/h3-4,7-8,11H,5-6,14H2,1-2H3. The number of aromatic nitrogens is 4. The topological polar surface area (TPSA) is 69.6 Å². The summed E-state index contributed by atoms with van der Waals surface area (Å²) < 4.78 is 1.95. The number of rotatable bonds is 2. The predicted molar refractivity (Wildman–Crippen MR) is 69.8 cm³/mol. The molecule has 0 radical (unpaired) electrons. The number of aryl methyl sites for hydroxylation is 1. The molecule has 0 aliphatic heterocycles. The second kappa shape index (κ2) is 4.08. The predicted octanol–water partition coefficient (Wildman–Crippen LogP) is 2.20. The zero-order chi connectivity index (χ0) is 12.7. The van der Waals surface area contributed by atoms with E-state index < -0.39 is 0 Å². The van der Waals surface area contributed by atoms with Crippen LogP contribution in [0.15, 0.2) is 18.2 Å². The van der Waals surface area contributed by atoms with Crippen molar-refractivity contribution in [1.82, 2.24) is 20.2 Å². The van der Waals surface area contributed by atoms with Gasteiger partial charge in [0.2, 0.25) is 0 Å². The Hall–Kier alpha value is -1.91. The molecule has 1 aromatic carbocycles. The molecule has 18 heavy (non-hydrogen) atoms. The van der Waals surface area contributed by atoms with Gasteiger partial charge in [0.05, 0.1) is 6.04 Å². The van der Waals surface area contributed by atoms with Crippen LogP contribution < -0.4 is 5.73 Å². The largest absolute Gasteiger partial charge is 0.399 e. The highest BCUT2D eigenvalue weighted by atomic mass is 15.6. The Morgan fingerprint density at radius 2 is 2.11 bits per heavy atom. The Balaban J connectivity index is 2.02. The third-order valence-corrected chi connectivity index (χ3v) is 3.69. The first-order chi connectivity index (χ1) is 8.65. The molecule has 1 aliphatic carbocycles. The zero-order valence-corrected chi connectivity index (χ0v) is 10.7. The maximum atomic E-state index is 5.85. The first-order valence-corrected chi connectivity index (χ1v) is 6.29. The molecule has 2 aromatic rings. The summed E-state index contributed by atoms with van der Waals surface area (Å²) in [4.78, 5) is 0. The number of anilines is 1. The van der Waals surface area contributed by atoms with Crippen LogP contribution in [0.1, 0.15) is 31.4 Å². The smallest absolute Gasteiger partial charge is 0.182 e. The van der Waals surface area contributed by atoms with E-state index in [0.29, 0.717) is 6.04 Å². The molecule has 5 nitrogen and oxygen atoms in total. The number of tetrazole rings is 1. The summed E-state index contributed by atoms with van der Waals surface area (Å²) in [6, 6.07) is 6.29. The van der Waals surface area contributed by atoms with Crippen molar-refractivity contribution in [2.45, 2.75) is 32.7 Å². The van der Waals surface area contributed by atoms with Gasteiger partial charge in [0.15, 0.2) is 5.82 Å². The fourth-order valence-electron chi connectivity index (χ4n) is 2.56. The van der Waals surface area contributed by atoms with E-state index in [1.54, 1.807) is 0 Å². The first-order valence-electron chi connectivity index (χ1n) is 6.29. The molecule has 5 heteroatoms. The highest BCUT2D eigenvalue weighted by Crippen LogP contribution is 2.38. The molecule has 1 heterocycles. The molecular weight excluding hydrogens is 226 g/mol. The Labute approximate surface area is 106 Å². The normalized spacial score (nSPS) is 22.8. The maximum Gasteiger partial charge on any atom is 0.182 e. The second-order valence-corrected chi connectivity index (χ2v) is 5.25. The zero-order valence-electron chi connectivity index (χ0n) is 10.7. The van der Waals surface area contributed by atoms with Gasteiger partial charge in [-0.05, 0) is 53.8 Å². The number of hydrogen-bond donors (Lipinski definition) is 1. The molecule has 2 N–H and O–H groups in total. The van der Waals surface area contributed by atoms with Crippen LogP contribution >= 0.6 is 0 Å². The minimum atomic E-state index is 0.436. The molecule has 0 atom stereocenters. The minimum Gasteiger partial charge on any atom is -0.399 e. The van der Waals surface area contributed by atoms with Crippen molar-refractivity contribution in [2.24, 2.45) is 5.92 Å². The molecule has 0 unspecified atom stereocenters. The molecule has 94 valence electrons. The molecule has 3 rings (SSSR count). The molecule has 1 fully saturated rings. The van der Waals surface area contributed by atoms with Crippen molar-refractivity contribution in [3.8, 4) is 11.4 Å². The van der Waals surface area contributed by atoms with E-state index in [1.165, 1.54) is 0 Å². The van der Waals surface area contributed by atoms with Crippen LogP contribution in [0.2, 0.25) is 0 Å². The molecule has 0 spiro atoms. The van der Waals surface area contributed by atoms with E-state index in [0.717, 1.165) is 41.4 Å². The fourth-order valence-corrected chi connectivity index (χ4v) is 2.56. The summed E-state index contributed by atoms with van der Waals surface area (Å²) in [6.45, 7) is 4.31. The van der Waals surface area contributed by atoms with Crippen molar-refractivity contribution in [3.05, 3.63) is 23.8 Å². The molecule has 0 bridgehead atoms. The lowest BCUT2D eigenvalue weighted by molar-refractivity contribution is 0.199. The van der Waals surface area contributed by atoms with Crippen LogP contribution in [0.25, 0.3) is 11.4 Å². The van der Waals surface area contributed by atoms with Crippen molar-refractivity contribution >= 4 is 5.69 Å². The van der Waals surface area contributed by atoms with Crippen molar-refractivity contribution < 1.29 is 0 Å². The summed E-state index contributed by atoms with van der Waals surface area (Å²) in [6.07, 6.45) is 2.30. The molecule has 1 saturated carbocycles. The first kappa shape index (κ1) is 11.2. The van der Waals surface area contributed by atoms with Gasteiger partial charge in [0.25, 0.3) is 0 Å². The Bertz CT molecular complexity index is 569. The van der Waals surface area contributed by atoms with Gasteiger partial charge < -0.3 is 5.73 Å². The molecule has 0 amide bonds. The number of benzene rings is 1. The highest BCUT2D eigenvalue weighted by Gasteiger charge is 2.30. The van der Waals surface area contributed by atoms with Crippen LogP contribution in [0.4, 0.5) is 5.69 Å². The van der Waals surface area contributed by atoms with E-state index in [2.05, 4.69) is 29.4 Å². The van der Waals surface area contributed by atoms with E-state index in [1.807, 2.05) is 22.9 Å². The van der Waals surface area contributed by atoms with Gasteiger partial charge in [0.1, 0.15) is 0 Å². The lowest BCUT2D eigenvalue weighted by Gasteiger charge is -2.32. The van der Waals surface area contributed by atoms with E-state index in [9.17, 15) is 0 Å². The van der Waals surface area contributed by atoms with Crippen molar-refractivity contribution in [2.75, 3.05) is 5.73 Å². The van der Waals surface area contributed by atoms with Gasteiger partial charge in [-0.25, -0.2) is 4.68 Å². The highest BCUT2D eigenvalue weighted by molar-refractivity contribution is 5.65. The van der Waals surface area contributed by atoms with Gasteiger partial charge >= 0.3 is 0 Å². The summed E-state index contributed by atoms with van der Waals surface area (Å²) in [5, 5.41) is 12.1. The van der Waals surface area contributed by atoms with Crippen LogP contribution in [-0.4, -0.2) is 20.2 Å². The lowest BCUT2D eigenvalue weighted by Crippen LogP contribution is -2.26. The third kappa shape index (κ3) is 1.75. The van der Waals surface area contributed by atoms with Gasteiger partial charge in [-0.3, -0.25) is 0 Å². The Morgan fingerprint density at radius 1 is 1.33 bits per heavy atom. The molecular formula is C13H17N5. The third-order valence-electron chi connectivity index (χ3n) is 3.69. The van der Waals surface area contributed by atoms with Crippen LogP contribution in [0, 0.1) is 12.8 Å². The van der Waals surface area contributed by atoms with Gasteiger partial charge in [-0.15, -0.1) is 5.10 Å². The van der Waals surface area contributed by atoms with Crippen LogP contribution in [0.5, 0.6) is 0 Å². The second-order valence-electron chi connectivity index (χ2n) is 5.25. The summed E-state index contributed by atoms with van der Waals surface area (Å²) >= 11 is 0. The van der Waals surface area contributed by atoms with E-state index in [-0.39, 0.29) is 0 Å². The van der Waals surface area contributed by atoms with Gasteiger partial charge in [-0.2, -0.15) is 0 Å². The number of nitrogens with two attached hydrogens (primary N) is 1.